The van der Waals surface area contributed by atoms with E-state index in [0.29, 0.717) is 5.92 Å². The fourth-order valence-electron chi connectivity index (χ4n) is 2.93. The lowest BCUT2D eigenvalue weighted by molar-refractivity contribution is 0.269. The van der Waals surface area contributed by atoms with Crippen LogP contribution in [0.25, 0.3) is 11.1 Å². The second-order valence-electron chi connectivity index (χ2n) is 5.68. The zero-order valence-electron chi connectivity index (χ0n) is 11.3. The number of aryl methyl sites for hydroxylation is 1. The van der Waals surface area contributed by atoms with Crippen molar-refractivity contribution in [2.45, 2.75) is 32.6 Å². The monoisotopic (exact) mass is 244 g/mol. The van der Waals surface area contributed by atoms with Crippen LogP contribution in [0.1, 0.15) is 31.7 Å². The van der Waals surface area contributed by atoms with E-state index in [9.17, 15) is 0 Å². The number of para-hydroxylation sites is 1. The average molecular weight is 244 g/mol. The van der Waals surface area contributed by atoms with E-state index >= 15 is 0 Å². The van der Waals surface area contributed by atoms with Crippen molar-refractivity contribution in [3.63, 3.8) is 0 Å². The molecule has 3 heteroatoms. The summed E-state index contributed by atoms with van der Waals surface area (Å²) in [5.74, 6) is 1.44. The first-order valence-electron chi connectivity index (χ1n) is 6.71. The van der Waals surface area contributed by atoms with E-state index < -0.39 is 0 Å². The van der Waals surface area contributed by atoms with Crippen LogP contribution in [-0.4, -0.2) is 18.1 Å². The fraction of sp³-hybridized carbons (Fsp3) is 0.533. The summed E-state index contributed by atoms with van der Waals surface area (Å²) in [6.07, 6.45) is 1.11. The Labute approximate surface area is 108 Å². The van der Waals surface area contributed by atoms with Gasteiger partial charge in [0.1, 0.15) is 5.52 Å². The Bertz CT molecular complexity index is 565. The summed E-state index contributed by atoms with van der Waals surface area (Å²) in [7, 11) is 0. The van der Waals surface area contributed by atoms with Crippen LogP contribution >= 0.6 is 0 Å². The smallest absolute Gasteiger partial charge is 0.203 e. The number of oxazole rings is 1. The van der Waals surface area contributed by atoms with Gasteiger partial charge in [-0.05, 0) is 37.4 Å². The molecule has 0 bridgehead atoms. The number of benzene rings is 1. The van der Waals surface area contributed by atoms with Crippen LogP contribution in [0, 0.1) is 12.8 Å². The van der Waals surface area contributed by atoms with Gasteiger partial charge in [-0.25, -0.2) is 4.98 Å². The molecule has 2 aromatic rings. The van der Waals surface area contributed by atoms with Crippen molar-refractivity contribution >= 4 is 11.1 Å². The highest BCUT2D eigenvalue weighted by Crippen LogP contribution is 2.38. The molecule has 1 aliphatic rings. The lowest BCUT2D eigenvalue weighted by Gasteiger charge is -2.28. The van der Waals surface area contributed by atoms with Gasteiger partial charge < -0.3 is 9.73 Å². The maximum Gasteiger partial charge on any atom is 0.203 e. The van der Waals surface area contributed by atoms with E-state index in [-0.39, 0.29) is 5.41 Å². The Balaban J connectivity index is 2.16. The molecule has 1 N–H and O–H groups in total. The van der Waals surface area contributed by atoms with Gasteiger partial charge in [-0.15, -0.1) is 0 Å². The predicted octanol–water partition coefficient (Wildman–Crippen LogP) is 3.02. The Morgan fingerprint density at radius 3 is 2.83 bits per heavy atom. The summed E-state index contributed by atoms with van der Waals surface area (Å²) < 4.78 is 6.05. The normalized spacial score (nSPS) is 24.2. The molecule has 1 aromatic carbocycles. The molecule has 1 saturated heterocycles. The van der Waals surface area contributed by atoms with E-state index in [1.807, 2.05) is 12.1 Å². The minimum Gasteiger partial charge on any atom is -0.440 e. The number of nitrogens with one attached hydrogen (secondary N) is 1. The number of fused-ring (bicyclic) bond motifs is 1. The van der Waals surface area contributed by atoms with Gasteiger partial charge in [0.25, 0.3) is 0 Å². The number of hydrogen-bond donors (Lipinski definition) is 1. The number of nitrogens with zero attached hydrogens (tertiary/aromatic N) is 1. The SMILES string of the molecule is Cc1cccc2oc(C3(C(C)C)CCNC3)nc12. The Morgan fingerprint density at radius 2 is 2.22 bits per heavy atom. The van der Waals surface area contributed by atoms with Crippen LogP contribution in [0.3, 0.4) is 0 Å². The molecule has 1 atom stereocenters. The van der Waals surface area contributed by atoms with E-state index in [4.69, 9.17) is 9.40 Å². The van der Waals surface area contributed by atoms with Gasteiger partial charge in [0, 0.05) is 6.54 Å². The Morgan fingerprint density at radius 1 is 1.39 bits per heavy atom. The Kier molecular flexibility index (Phi) is 2.67. The molecule has 0 amide bonds. The van der Waals surface area contributed by atoms with Gasteiger partial charge in [-0.1, -0.05) is 26.0 Å². The molecule has 0 spiro atoms. The van der Waals surface area contributed by atoms with Crippen molar-refractivity contribution in [3.8, 4) is 0 Å². The van der Waals surface area contributed by atoms with E-state index in [1.54, 1.807) is 0 Å². The molecule has 0 aliphatic carbocycles. The molecule has 3 rings (SSSR count). The lowest BCUT2D eigenvalue weighted by Crippen LogP contribution is -2.35. The van der Waals surface area contributed by atoms with Gasteiger partial charge in [-0.2, -0.15) is 0 Å². The highest BCUT2D eigenvalue weighted by Gasteiger charge is 2.43. The molecule has 18 heavy (non-hydrogen) atoms. The minimum atomic E-state index is 0.0610. The van der Waals surface area contributed by atoms with Crippen LogP contribution in [-0.2, 0) is 5.41 Å². The molecule has 96 valence electrons. The summed E-state index contributed by atoms with van der Waals surface area (Å²) in [4.78, 5) is 4.78. The molecular weight excluding hydrogens is 224 g/mol. The van der Waals surface area contributed by atoms with E-state index in [1.165, 1.54) is 5.56 Å². The number of rotatable bonds is 2. The largest absolute Gasteiger partial charge is 0.440 e. The average Bonchev–Trinajstić information content (AvgIpc) is 2.96. The van der Waals surface area contributed by atoms with Crippen molar-refractivity contribution < 1.29 is 4.42 Å². The summed E-state index contributed by atoms with van der Waals surface area (Å²) in [5, 5.41) is 3.45. The summed E-state index contributed by atoms with van der Waals surface area (Å²) in [6, 6.07) is 6.13. The first-order valence-corrected chi connectivity index (χ1v) is 6.71. The highest BCUT2D eigenvalue weighted by atomic mass is 16.3. The molecule has 0 saturated carbocycles. The minimum absolute atomic E-state index is 0.0610. The molecule has 0 radical (unpaired) electrons. The highest BCUT2D eigenvalue weighted by molar-refractivity contribution is 5.76. The molecule has 1 unspecified atom stereocenters. The standard InChI is InChI=1S/C15H20N2O/c1-10(2)15(7-8-16-9-15)14-17-13-11(3)5-4-6-12(13)18-14/h4-6,10,16H,7-9H2,1-3H3. The van der Waals surface area contributed by atoms with Crippen molar-refractivity contribution in [2.75, 3.05) is 13.1 Å². The van der Waals surface area contributed by atoms with Crippen LogP contribution in [0.5, 0.6) is 0 Å². The first-order chi connectivity index (χ1) is 8.63. The van der Waals surface area contributed by atoms with Gasteiger partial charge in [0.15, 0.2) is 5.58 Å². The third-order valence-corrected chi connectivity index (χ3v) is 4.34. The molecule has 1 aromatic heterocycles. The van der Waals surface area contributed by atoms with Crippen molar-refractivity contribution in [3.05, 3.63) is 29.7 Å². The van der Waals surface area contributed by atoms with Crippen molar-refractivity contribution in [1.29, 1.82) is 0 Å². The second kappa shape index (κ2) is 4.09. The third-order valence-electron chi connectivity index (χ3n) is 4.34. The molecular formula is C15H20N2O. The zero-order chi connectivity index (χ0) is 12.8. The summed E-state index contributed by atoms with van der Waals surface area (Å²) >= 11 is 0. The summed E-state index contributed by atoms with van der Waals surface area (Å²) in [5.41, 5.74) is 3.18. The van der Waals surface area contributed by atoms with Gasteiger partial charge in [0.05, 0.1) is 5.41 Å². The summed E-state index contributed by atoms with van der Waals surface area (Å²) in [6.45, 7) is 8.62. The van der Waals surface area contributed by atoms with Gasteiger partial charge in [0.2, 0.25) is 5.89 Å². The lowest BCUT2D eigenvalue weighted by atomic mass is 9.76. The van der Waals surface area contributed by atoms with Crippen molar-refractivity contribution in [1.82, 2.24) is 10.3 Å². The fourth-order valence-corrected chi connectivity index (χ4v) is 2.93. The zero-order valence-corrected chi connectivity index (χ0v) is 11.3. The van der Waals surface area contributed by atoms with Crippen molar-refractivity contribution in [2.24, 2.45) is 5.92 Å². The predicted molar refractivity (Wildman–Crippen MR) is 72.7 cm³/mol. The van der Waals surface area contributed by atoms with E-state index in [2.05, 4.69) is 32.2 Å². The maximum absolute atomic E-state index is 6.05. The van der Waals surface area contributed by atoms with Crippen LogP contribution in [0.2, 0.25) is 0 Å². The van der Waals surface area contributed by atoms with Crippen LogP contribution < -0.4 is 5.32 Å². The number of aromatic nitrogens is 1. The third kappa shape index (κ3) is 1.57. The van der Waals surface area contributed by atoms with Crippen LogP contribution in [0.15, 0.2) is 22.6 Å². The molecule has 3 nitrogen and oxygen atoms in total. The molecule has 1 fully saturated rings. The molecule has 1 aliphatic heterocycles. The van der Waals surface area contributed by atoms with Gasteiger partial charge in [-0.3, -0.25) is 0 Å². The quantitative estimate of drug-likeness (QED) is 0.882. The Hall–Kier alpha value is -1.35. The first kappa shape index (κ1) is 11.7. The molecule has 2 heterocycles. The van der Waals surface area contributed by atoms with E-state index in [0.717, 1.165) is 36.5 Å². The van der Waals surface area contributed by atoms with Crippen LogP contribution in [0.4, 0.5) is 0 Å². The number of hydrogen-bond acceptors (Lipinski definition) is 3. The second-order valence-corrected chi connectivity index (χ2v) is 5.68. The van der Waals surface area contributed by atoms with Gasteiger partial charge >= 0.3 is 0 Å². The maximum atomic E-state index is 6.05. The topological polar surface area (TPSA) is 38.1 Å².